The molecule has 5 nitrogen and oxygen atoms in total. The van der Waals surface area contributed by atoms with Crippen LogP contribution in [0, 0.1) is 26.2 Å². The van der Waals surface area contributed by atoms with E-state index in [4.69, 9.17) is 10.8 Å². The highest BCUT2D eigenvalue weighted by Gasteiger charge is 2.21. The van der Waals surface area contributed by atoms with Gasteiger partial charge in [0.1, 0.15) is 5.76 Å². The fraction of sp³-hybridized carbons (Fsp3) is 0.238. The molecule has 0 N–H and O–H groups in total. The number of hydrogen-bond acceptors (Lipinski definition) is 3. The second-order valence-electron chi connectivity index (χ2n) is 6.20. The standard InChI is InChI=1S/C21H21N3O2/c1-5-17-8-6-9-18(12-17)24(14-19-10-7-11-26-19)21(25)13-20-15(2)22-23(4)16(20)3/h1,6-12H,13-14H2,2-4H3. The number of aryl methyl sites for hydroxylation is 2. The molecule has 2 aromatic heterocycles. The summed E-state index contributed by atoms with van der Waals surface area (Å²) in [6.07, 6.45) is 7.39. The van der Waals surface area contributed by atoms with Crippen molar-refractivity contribution in [1.29, 1.82) is 0 Å². The van der Waals surface area contributed by atoms with Crippen LogP contribution in [0.5, 0.6) is 0 Å². The number of rotatable bonds is 5. The van der Waals surface area contributed by atoms with Crippen LogP contribution in [0.4, 0.5) is 5.69 Å². The fourth-order valence-electron chi connectivity index (χ4n) is 2.97. The summed E-state index contributed by atoms with van der Waals surface area (Å²) in [7, 11) is 1.88. The highest BCUT2D eigenvalue weighted by atomic mass is 16.3. The number of furan rings is 1. The van der Waals surface area contributed by atoms with Crippen molar-refractivity contribution in [2.24, 2.45) is 7.05 Å². The molecule has 0 radical (unpaired) electrons. The Labute approximate surface area is 153 Å². The number of hydrogen-bond donors (Lipinski definition) is 0. The molecular formula is C21H21N3O2. The van der Waals surface area contributed by atoms with Gasteiger partial charge in [-0.1, -0.05) is 12.0 Å². The van der Waals surface area contributed by atoms with Gasteiger partial charge in [-0.3, -0.25) is 9.48 Å². The molecule has 2 heterocycles. The van der Waals surface area contributed by atoms with Crippen molar-refractivity contribution in [3.8, 4) is 12.3 Å². The van der Waals surface area contributed by atoms with E-state index in [2.05, 4.69) is 11.0 Å². The summed E-state index contributed by atoms with van der Waals surface area (Å²) in [5.74, 6) is 3.30. The van der Waals surface area contributed by atoms with Crippen LogP contribution in [0.3, 0.4) is 0 Å². The average molecular weight is 347 g/mol. The average Bonchev–Trinajstić information content (AvgIpc) is 3.23. The van der Waals surface area contributed by atoms with E-state index in [1.54, 1.807) is 15.8 Å². The lowest BCUT2D eigenvalue weighted by atomic mass is 10.1. The molecule has 132 valence electrons. The minimum Gasteiger partial charge on any atom is -0.467 e. The Balaban J connectivity index is 1.94. The Morgan fingerprint density at radius 1 is 1.31 bits per heavy atom. The highest BCUT2D eigenvalue weighted by molar-refractivity contribution is 5.95. The van der Waals surface area contributed by atoms with E-state index < -0.39 is 0 Å². The molecule has 1 amide bonds. The van der Waals surface area contributed by atoms with Crippen LogP contribution < -0.4 is 4.90 Å². The molecule has 5 heteroatoms. The Hall–Kier alpha value is -3.26. The first-order valence-corrected chi connectivity index (χ1v) is 8.38. The molecule has 0 spiro atoms. The normalized spacial score (nSPS) is 10.5. The van der Waals surface area contributed by atoms with Crippen LogP contribution in [0.15, 0.2) is 47.1 Å². The second-order valence-corrected chi connectivity index (χ2v) is 6.20. The van der Waals surface area contributed by atoms with Crippen molar-refractivity contribution < 1.29 is 9.21 Å². The number of nitrogens with zero attached hydrogens (tertiary/aromatic N) is 3. The number of carbonyl (C=O) groups is 1. The van der Waals surface area contributed by atoms with Gasteiger partial charge in [-0.05, 0) is 44.2 Å². The number of amides is 1. The molecule has 0 atom stereocenters. The molecule has 0 bridgehead atoms. The third-order valence-electron chi connectivity index (χ3n) is 4.51. The van der Waals surface area contributed by atoms with Gasteiger partial charge >= 0.3 is 0 Å². The summed E-state index contributed by atoms with van der Waals surface area (Å²) in [4.78, 5) is 14.8. The maximum Gasteiger partial charge on any atom is 0.231 e. The Bertz CT molecular complexity index is 962. The van der Waals surface area contributed by atoms with Crippen molar-refractivity contribution in [2.75, 3.05) is 4.90 Å². The molecular weight excluding hydrogens is 326 g/mol. The zero-order valence-electron chi connectivity index (χ0n) is 15.2. The molecule has 0 unspecified atom stereocenters. The van der Waals surface area contributed by atoms with Crippen LogP contribution in [0.25, 0.3) is 0 Å². The predicted molar refractivity (Wildman–Crippen MR) is 101 cm³/mol. The molecule has 0 saturated carbocycles. The Kier molecular flexibility index (Phi) is 4.94. The van der Waals surface area contributed by atoms with Crippen molar-refractivity contribution in [3.63, 3.8) is 0 Å². The van der Waals surface area contributed by atoms with Gasteiger partial charge in [-0.15, -0.1) is 6.42 Å². The van der Waals surface area contributed by atoms with Crippen molar-refractivity contribution >= 4 is 11.6 Å². The smallest absolute Gasteiger partial charge is 0.231 e. The molecule has 0 fully saturated rings. The van der Waals surface area contributed by atoms with E-state index in [1.165, 1.54) is 0 Å². The largest absolute Gasteiger partial charge is 0.467 e. The fourth-order valence-corrected chi connectivity index (χ4v) is 2.97. The second kappa shape index (κ2) is 7.32. The van der Waals surface area contributed by atoms with Gasteiger partial charge in [0.05, 0.1) is 24.9 Å². The van der Waals surface area contributed by atoms with Crippen LogP contribution in [-0.2, 0) is 24.8 Å². The lowest BCUT2D eigenvalue weighted by Gasteiger charge is -2.22. The number of benzene rings is 1. The molecule has 3 rings (SSSR count). The van der Waals surface area contributed by atoms with Crippen molar-refractivity contribution in [2.45, 2.75) is 26.8 Å². The summed E-state index contributed by atoms with van der Waals surface area (Å²) in [5.41, 5.74) is 4.30. The van der Waals surface area contributed by atoms with Gasteiger partial charge in [0.25, 0.3) is 0 Å². The van der Waals surface area contributed by atoms with Gasteiger partial charge in [-0.2, -0.15) is 5.10 Å². The van der Waals surface area contributed by atoms with E-state index in [9.17, 15) is 4.79 Å². The van der Waals surface area contributed by atoms with Gasteiger partial charge in [0.15, 0.2) is 0 Å². The molecule has 0 aliphatic heterocycles. The first-order chi connectivity index (χ1) is 12.5. The van der Waals surface area contributed by atoms with Gasteiger partial charge < -0.3 is 9.32 Å². The number of anilines is 1. The van der Waals surface area contributed by atoms with Gasteiger partial charge in [-0.25, -0.2) is 0 Å². The summed E-state index contributed by atoms with van der Waals surface area (Å²) >= 11 is 0. The molecule has 1 aromatic carbocycles. The van der Waals surface area contributed by atoms with E-state index in [0.29, 0.717) is 12.3 Å². The SMILES string of the molecule is C#Cc1cccc(N(Cc2ccco2)C(=O)Cc2c(C)nn(C)c2C)c1. The zero-order valence-corrected chi connectivity index (χ0v) is 15.2. The summed E-state index contributed by atoms with van der Waals surface area (Å²) < 4.78 is 7.24. The Morgan fingerprint density at radius 3 is 2.73 bits per heavy atom. The quantitative estimate of drug-likeness (QED) is 0.665. The zero-order chi connectivity index (χ0) is 18.7. The minimum atomic E-state index is -0.0326. The van der Waals surface area contributed by atoms with Gasteiger partial charge in [0.2, 0.25) is 5.91 Å². The topological polar surface area (TPSA) is 51.3 Å². The molecule has 0 aliphatic rings. The van der Waals surface area contributed by atoms with Crippen molar-refractivity contribution in [1.82, 2.24) is 9.78 Å². The summed E-state index contributed by atoms with van der Waals surface area (Å²) in [5, 5.41) is 4.40. The first-order valence-electron chi connectivity index (χ1n) is 8.38. The third-order valence-corrected chi connectivity index (χ3v) is 4.51. The Morgan fingerprint density at radius 2 is 2.12 bits per heavy atom. The summed E-state index contributed by atoms with van der Waals surface area (Å²) in [6, 6.07) is 11.1. The minimum absolute atomic E-state index is 0.0326. The maximum absolute atomic E-state index is 13.1. The van der Waals surface area contributed by atoms with Crippen LogP contribution >= 0.6 is 0 Å². The van der Waals surface area contributed by atoms with E-state index in [-0.39, 0.29) is 12.3 Å². The van der Waals surface area contributed by atoms with Crippen molar-refractivity contribution in [3.05, 3.63) is 70.9 Å². The van der Waals surface area contributed by atoms with Crippen LogP contribution in [0.2, 0.25) is 0 Å². The first kappa shape index (κ1) is 17.6. The number of carbonyl (C=O) groups excluding carboxylic acids is 1. The monoisotopic (exact) mass is 347 g/mol. The predicted octanol–water partition coefficient (Wildman–Crippen LogP) is 3.39. The lowest BCUT2D eigenvalue weighted by molar-refractivity contribution is -0.118. The summed E-state index contributed by atoms with van der Waals surface area (Å²) in [6.45, 7) is 4.24. The molecule has 0 aliphatic carbocycles. The lowest BCUT2D eigenvalue weighted by Crippen LogP contribution is -2.32. The van der Waals surface area contributed by atoms with E-state index in [0.717, 1.165) is 28.2 Å². The van der Waals surface area contributed by atoms with Gasteiger partial charge in [0, 0.05) is 29.6 Å². The molecule has 3 aromatic rings. The molecule has 26 heavy (non-hydrogen) atoms. The molecule has 0 saturated heterocycles. The number of aromatic nitrogens is 2. The van der Waals surface area contributed by atoms with E-state index >= 15 is 0 Å². The number of terminal acetylenes is 1. The third kappa shape index (κ3) is 3.55. The van der Waals surface area contributed by atoms with E-state index in [1.807, 2.05) is 57.3 Å². The van der Waals surface area contributed by atoms with Crippen LogP contribution in [-0.4, -0.2) is 15.7 Å². The van der Waals surface area contributed by atoms with Crippen LogP contribution in [0.1, 0.15) is 28.3 Å². The highest BCUT2D eigenvalue weighted by Crippen LogP contribution is 2.22. The maximum atomic E-state index is 13.1.